The lowest BCUT2D eigenvalue weighted by molar-refractivity contribution is -0.140. The number of para-hydroxylation sites is 1. The van der Waals surface area contributed by atoms with Crippen molar-refractivity contribution in [3.63, 3.8) is 0 Å². The number of nitrogens with one attached hydrogen (secondary N) is 1. The first-order chi connectivity index (χ1) is 13.1. The number of ether oxygens (including phenoxy) is 1. The molecule has 6 nitrogen and oxygen atoms in total. The molecule has 2 atom stereocenters. The number of hydrogen-bond acceptors (Lipinski definition) is 4. The molecule has 0 spiro atoms. The Bertz CT molecular complexity index is 825. The zero-order valence-electron chi connectivity index (χ0n) is 15.4. The average molecular weight is 365 g/mol. The Morgan fingerprint density at radius 2 is 2.07 bits per heavy atom. The molecule has 1 aromatic carbocycles. The van der Waals surface area contributed by atoms with E-state index in [4.69, 9.17) is 4.74 Å². The molecular weight excluding hydrogens is 342 g/mol. The zero-order chi connectivity index (χ0) is 18.8. The second-order valence-electron chi connectivity index (χ2n) is 7.25. The first kappa shape index (κ1) is 17.5. The smallest absolute Gasteiger partial charge is 0.264 e. The Hall–Kier alpha value is -2.89. The number of hydrogen-bond donors (Lipinski definition) is 1. The van der Waals surface area contributed by atoms with Gasteiger partial charge in [0.2, 0.25) is 5.91 Å². The van der Waals surface area contributed by atoms with Crippen LogP contribution >= 0.6 is 0 Å². The number of carbonyl (C=O) groups excluding carboxylic acids is 2. The van der Waals surface area contributed by atoms with Gasteiger partial charge < -0.3 is 15.0 Å². The summed E-state index contributed by atoms with van der Waals surface area (Å²) in [5.41, 5.74) is 2.10. The van der Waals surface area contributed by atoms with Crippen molar-refractivity contribution in [3.05, 3.63) is 53.7 Å². The molecule has 1 N–H and O–H groups in total. The molecule has 140 valence electrons. The summed E-state index contributed by atoms with van der Waals surface area (Å²) in [5, 5.41) is 2.86. The molecule has 0 saturated carbocycles. The van der Waals surface area contributed by atoms with Crippen molar-refractivity contribution in [2.75, 3.05) is 18.4 Å². The highest BCUT2D eigenvalue weighted by molar-refractivity contribution is 5.92. The number of carbonyl (C=O) groups is 2. The van der Waals surface area contributed by atoms with Crippen LogP contribution in [0.1, 0.15) is 24.0 Å². The predicted octanol–water partition coefficient (Wildman–Crippen LogP) is 2.57. The molecule has 0 aliphatic carbocycles. The van der Waals surface area contributed by atoms with Crippen LogP contribution in [-0.2, 0) is 16.0 Å². The number of aryl methyl sites for hydroxylation is 1. The summed E-state index contributed by atoms with van der Waals surface area (Å²) in [4.78, 5) is 31.5. The van der Waals surface area contributed by atoms with E-state index in [1.807, 2.05) is 37.3 Å². The highest BCUT2D eigenvalue weighted by Crippen LogP contribution is 2.30. The minimum Gasteiger partial charge on any atom is -0.480 e. The summed E-state index contributed by atoms with van der Waals surface area (Å²) >= 11 is 0. The summed E-state index contributed by atoms with van der Waals surface area (Å²) in [7, 11) is 0. The minimum absolute atomic E-state index is 0.0304. The molecule has 2 amide bonds. The molecule has 0 bridgehead atoms. The fourth-order valence-electron chi connectivity index (χ4n) is 3.68. The fourth-order valence-corrected chi connectivity index (χ4v) is 3.68. The Morgan fingerprint density at radius 1 is 1.22 bits per heavy atom. The third-order valence-electron chi connectivity index (χ3n) is 5.19. The molecule has 0 unspecified atom stereocenters. The molecule has 2 aliphatic rings. The maximum atomic E-state index is 12.9. The van der Waals surface area contributed by atoms with Crippen molar-refractivity contribution < 1.29 is 14.3 Å². The molecule has 3 heterocycles. The van der Waals surface area contributed by atoms with Gasteiger partial charge in [0.15, 0.2) is 6.10 Å². The summed E-state index contributed by atoms with van der Waals surface area (Å²) in [5.74, 6) is 0.988. The van der Waals surface area contributed by atoms with Crippen molar-refractivity contribution >= 4 is 17.6 Å². The van der Waals surface area contributed by atoms with Gasteiger partial charge in [-0.1, -0.05) is 24.3 Å². The van der Waals surface area contributed by atoms with Crippen molar-refractivity contribution in [2.24, 2.45) is 5.92 Å². The highest BCUT2D eigenvalue weighted by atomic mass is 16.5. The molecule has 6 heteroatoms. The number of rotatable bonds is 3. The highest BCUT2D eigenvalue weighted by Gasteiger charge is 2.35. The Labute approximate surface area is 158 Å². The van der Waals surface area contributed by atoms with Gasteiger partial charge in [-0.2, -0.15) is 0 Å². The van der Waals surface area contributed by atoms with Gasteiger partial charge in [-0.15, -0.1) is 0 Å². The summed E-state index contributed by atoms with van der Waals surface area (Å²) in [6.07, 6.45) is 3.41. The van der Waals surface area contributed by atoms with Crippen LogP contribution in [0.5, 0.6) is 5.75 Å². The molecule has 4 rings (SSSR count). The van der Waals surface area contributed by atoms with Gasteiger partial charge in [-0.25, -0.2) is 4.98 Å². The SMILES string of the molecule is Cc1ccc(NC(=O)[C@@H]2CCCN(C(=O)[C@H]3Cc4ccccc4O3)C2)nc1. The van der Waals surface area contributed by atoms with Crippen molar-refractivity contribution in [3.8, 4) is 5.75 Å². The van der Waals surface area contributed by atoms with Crippen LogP contribution in [0.2, 0.25) is 0 Å². The number of likely N-dealkylation sites (tertiary alicyclic amines) is 1. The Morgan fingerprint density at radius 3 is 2.85 bits per heavy atom. The van der Waals surface area contributed by atoms with Gasteiger partial charge in [-0.05, 0) is 43.0 Å². The van der Waals surface area contributed by atoms with E-state index in [-0.39, 0.29) is 17.7 Å². The molecule has 0 radical (unpaired) electrons. The van der Waals surface area contributed by atoms with Crippen LogP contribution < -0.4 is 10.1 Å². The van der Waals surface area contributed by atoms with E-state index < -0.39 is 6.10 Å². The Balaban J connectivity index is 1.37. The third-order valence-corrected chi connectivity index (χ3v) is 5.19. The second-order valence-corrected chi connectivity index (χ2v) is 7.25. The maximum Gasteiger partial charge on any atom is 0.264 e. The topological polar surface area (TPSA) is 71.5 Å². The van der Waals surface area contributed by atoms with Gasteiger partial charge >= 0.3 is 0 Å². The number of nitrogens with zero attached hydrogens (tertiary/aromatic N) is 2. The third kappa shape index (κ3) is 3.79. The van der Waals surface area contributed by atoms with Crippen LogP contribution in [-0.4, -0.2) is 40.9 Å². The first-order valence-corrected chi connectivity index (χ1v) is 9.37. The van der Waals surface area contributed by atoms with Gasteiger partial charge in [0.25, 0.3) is 5.91 Å². The number of piperidine rings is 1. The standard InChI is InChI=1S/C21H23N3O3/c1-14-8-9-19(22-12-14)23-20(25)16-6-4-10-24(13-16)21(26)18-11-15-5-2-3-7-17(15)27-18/h2-3,5,7-9,12,16,18H,4,6,10-11,13H2,1H3,(H,22,23,25)/t16-,18-/m1/s1. The van der Waals surface area contributed by atoms with Gasteiger partial charge in [-0.3, -0.25) is 9.59 Å². The van der Waals surface area contributed by atoms with Crippen LogP contribution in [0, 0.1) is 12.8 Å². The van der Waals surface area contributed by atoms with E-state index >= 15 is 0 Å². The van der Waals surface area contributed by atoms with Crippen molar-refractivity contribution in [1.82, 2.24) is 9.88 Å². The number of fused-ring (bicyclic) bond motifs is 1. The largest absolute Gasteiger partial charge is 0.480 e. The lowest BCUT2D eigenvalue weighted by atomic mass is 9.96. The fraction of sp³-hybridized carbons (Fsp3) is 0.381. The van der Waals surface area contributed by atoms with E-state index in [1.54, 1.807) is 17.2 Å². The molecule has 1 aromatic heterocycles. The first-order valence-electron chi connectivity index (χ1n) is 9.37. The summed E-state index contributed by atoms with van der Waals surface area (Å²) in [6, 6.07) is 11.5. The lowest BCUT2D eigenvalue weighted by Gasteiger charge is -2.33. The van der Waals surface area contributed by atoms with E-state index in [1.165, 1.54) is 0 Å². The van der Waals surface area contributed by atoms with E-state index in [2.05, 4.69) is 10.3 Å². The van der Waals surface area contributed by atoms with Crippen LogP contribution in [0.25, 0.3) is 0 Å². The van der Waals surface area contributed by atoms with Crippen LogP contribution in [0.15, 0.2) is 42.6 Å². The van der Waals surface area contributed by atoms with Gasteiger partial charge in [0.1, 0.15) is 11.6 Å². The molecule has 27 heavy (non-hydrogen) atoms. The zero-order valence-corrected chi connectivity index (χ0v) is 15.4. The molecule has 2 aliphatic heterocycles. The molecule has 1 saturated heterocycles. The quantitative estimate of drug-likeness (QED) is 0.907. The van der Waals surface area contributed by atoms with Gasteiger partial charge in [0.05, 0.1) is 5.92 Å². The average Bonchev–Trinajstić information content (AvgIpc) is 3.13. The predicted molar refractivity (Wildman–Crippen MR) is 101 cm³/mol. The summed E-state index contributed by atoms with van der Waals surface area (Å²) in [6.45, 7) is 3.04. The maximum absolute atomic E-state index is 12.9. The normalized spacial score (nSPS) is 21.3. The van der Waals surface area contributed by atoms with E-state index in [9.17, 15) is 9.59 Å². The molecule has 2 aromatic rings. The number of aromatic nitrogens is 1. The number of anilines is 1. The van der Waals surface area contributed by atoms with Gasteiger partial charge in [0, 0.05) is 25.7 Å². The minimum atomic E-state index is -0.483. The summed E-state index contributed by atoms with van der Waals surface area (Å²) < 4.78 is 5.82. The van der Waals surface area contributed by atoms with Crippen molar-refractivity contribution in [2.45, 2.75) is 32.3 Å². The second kappa shape index (κ2) is 7.39. The van der Waals surface area contributed by atoms with E-state index in [0.29, 0.717) is 25.3 Å². The molecule has 1 fully saturated rings. The monoisotopic (exact) mass is 365 g/mol. The van der Waals surface area contributed by atoms with E-state index in [0.717, 1.165) is 29.7 Å². The van der Waals surface area contributed by atoms with Crippen molar-refractivity contribution in [1.29, 1.82) is 0 Å². The van der Waals surface area contributed by atoms with Crippen LogP contribution in [0.4, 0.5) is 5.82 Å². The Kier molecular flexibility index (Phi) is 4.79. The van der Waals surface area contributed by atoms with Crippen LogP contribution in [0.3, 0.4) is 0 Å². The number of amides is 2. The molecular formula is C21H23N3O3. The number of benzene rings is 1. The lowest BCUT2D eigenvalue weighted by Crippen LogP contribution is -2.48. The number of pyridine rings is 1.